The maximum absolute atomic E-state index is 10.7. The van der Waals surface area contributed by atoms with Crippen molar-refractivity contribution in [3.05, 3.63) is 0 Å². The molecule has 0 saturated carbocycles. The zero-order valence-electron chi connectivity index (χ0n) is 8.88. The first-order valence-electron chi connectivity index (χ1n) is 5.09. The average Bonchev–Trinajstić information content (AvgIpc) is 2.30. The van der Waals surface area contributed by atoms with Gasteiger partial charge in [0.1, 0.15) is 24.4 Å². The van der Waals surface area contributed by atoms with Crippen LogP contribution in [0.5, 0.6) is 0 Å². The molecule has 8 nitrogen and oxygen atoms in total. The zero-order valence-corrected chi connectivity index (χ0v) is 8.88. The molecule has 0 aromatic rings. The van der Waals surface area contributed by atoms with Crippen LogP contribution in [0.15, 0.2) is 0 Å². The van der Waals surface area contributed by atoms with Crippen molar-refractivity contribution in [3.8, 4) is 0 Å². The molecular weight excluding hydrogens is 236 g/mol. The minimum Gasteiger partial charge on any atom is -0.479 e. The van der Waals surface area contributed by atoms with Gasteiger partial charge < -0.3 is 35.4 Å². The number of carbonyl (C=O) groups is 1. The summed E-state index contributed by atoms with van der Waals surface area (Å²) in [7, 11) is 0. The van der Waals surface area contributed by atoms with Gasteiger partial charge in [-0.1, -0.05) is 0 Å². The van der Waals surface area contributed by atoms with Crippen molar-refractivity contribution < 1.29 is 40.2 Å². The monoisotopic (exact) mass is 252 g/mol. The highest BCUT2D eigenvalue weighted by molar-refractivity contribution is 5.72. The Hall–Kier alpha value is -0.770. The van der Waals surface area contributed by atoms with E-state index in [-0.39, 0.29) is 6.42 Å². The zero-order chi connectivity index (χ0) is 13.2. The van der Waals surface area contributed by atoms with E-state index in [1.807, 2.05) is 0 Å². The average molecular weight is 252 g/mol. The third kappa shape index (κ3) is 3.12. The Labute approximate surface area is 96.7 Å². The predicted octanol–water partition coefficient (Wildman–Crippen LogP) is -3.34. The highest BCUT2D eigenvalue weighted by atomic mass is 16.6. The fraction of sp³-hybridized carbons (Fsp3) is 0.889. The largest absolute Gasteiger partial charge is 0.479 e. The quantitative estimate of drug-likeness (QED) is 0.304. The second-order valence-electron chi connectivity index (χ2n) is 3.96. The Bertz CT molecular complexity index is 270. The molecule has 6 N–H and O–H groups in total. The summed E-state index contributed by atoms with van der Waals surface area (Å²) in [5.41, 5.74) is 0. The molecule has 1 fully saturated rings. The van der Waals surface area contributed by atoms with Crippen LogP contribution in [0.2, 0.25) is 0 Å². The molecule has 0 bridgehead atoms. The van der Waals surface area contributed by atoms with Crippen LogP contribution in [0.25, 0.3) is 0 Å². The summed E-state index contributed by atoms with van der Waals surface area (Å²) >= 11 is 0. The van der Waals surface area contributed by atoms with Crippen molar-refractivity contribution in [2.24, 2.45) is 0 Å². The molecular formula is C9H16O8. The van der Waals surface area contributed by atoms with Crippen LogP contribution in [0.3, 0.4) is 0 Å². The fourth-order valence-corrected chi connectivity index (χ4v) is 1.67. The van der Waals surface area contributed by atoms with E-state index in [0.29, 0.717) is 0 Å². The summed E-state index contributed by atoms with van der Waals surface area (Å²) in [5.74, 6) is -1.34. The molecule has 8 heteroatoms. The van der Waals surface area contributed by atoms with Crippen molar-refractivity contribution in [3.63, 3.8) is 0 Å². The molecule has 1 saturated heterocycles. The molecule has 0 radical (unpaired) electrons. The van der Waals surface area contributed by atoms with Gasteiger partial charge in [-0.25, -0.2) is 4.79 Å². The van der Waals surface area contributed by atoms with E-state index in [9.17, 15) is 25.2 Å². The van der Waals surface area contributed by atoms with E-state index in [2.05, 4.69) is 0 Å². The predicted molar refractivity (Wildman–Crippen MR) is 52.0 cm³/mol. The fourth-order valence-electron chi connectivity index (χ4n) is 1.67. The molecule has 1 aliphatic rings. The highest BCUT2D eigenvalue weighted by Gasteiger charge is 2.44. The Morgan fingerprint density at radius 3 is 2.41 bits per heavy atom. The first kappa shape index (κ1) is 14.3. The molecule has 6 atom stereocenters. The molecule has 0 aromatic carbocycles. The van der Waals surface area contributed by atoms with Crippen molar-refractivity contribution in [1.82, 2.24) is 0 Å². The number of ether oxygens (including phenoxy) is 1. The van der Waals surface area contributed by atoms with Crippen LogP contribution in [0.1, 0.15) is 6.42 Å². The Balaban J connectivity index is 2.77. The van der Waals surface area contributed by atoms with Gasteiger partial charge in [0.25, 0.3) is 0 Å². The third-order valence-corrected chi connectivity index (χ3v) is 2.70. The summed E-state index contributed by atoms with van der Waals surface area (Å²) < 4.78 is 4.88. The number of hydrogen-bond acceptors (Lipinski definition) is 7. The molecule has 1 heterocycles. The minimum absolute atomic E-state index is 0.311. The summed E-state index contributed by atoms with van der Waals surface area (Å²) in [5, 5.41) is 55.0. The number of aliphatic hydroxyl groups is 5. The van der Waals surface area contributed by atoms with Crippen molar-refractivity contribution in [2.75, 3.05) is 6.61 Å². The van der Waals surface area contributed by atoms with E-state index < -0.39 is 49.2 Å². The molecule has 1 rings (SSSR count). The van der Waals surface area contributed by atoms with Crippen molar-refractivity contribution >= 4 is 5.97 Å². The molecule has 0 aromatic heterocycles. The summed E-state index contributed by atoms with van der Waals surface area (Å²) in [6, 6.07) is 0. The summed E-state index contributed by atoms with van der Waals surface area (Å²) in [6.45, 7) is -0.776. The van der Waals surface area contributed by atoms with E-state index >= 15 is 0 Å². The van der Waals surface area contributed by atoms with Crippen LogP contribution in [0.4, 0.5) is 0 Å². The third-order valence-electron chi connectivity index (χ3n) is 2.70. The van der Waals surface area contributed by atoms with Gasteiger partial charge in [0, 0.05) is 6.42 Å². The lowest BCUT2D eigenvalue weighted by molar-refractivity contribution is -0.221. The van der Waals surface area contributed by atoms with Crippen LogP contribution in [0, 0.1) is 0 Å². The van der Waals surface area contributed by atoms with Crippen LogP contribution < -0.4 is 0 Å². The molecule has 0 aliphatic carbocycles. The lowest BCUT2D eigenvalue weighted by Crippen LogP contribution is -2.57. The molecule has 0 unspecified atom stereocenters. The van der Waals surface area contributed by atoms with Crippen molar-refractivity contribution in [1.29, 1.82) is 0 Å². The second-order valence-corrected chi connectivity index (χ2v) is 3.96. The molecule has 0 spiro atoms. The van der Waals surface area contributed by atoms with Gasteiger partial charge in [-0.2, -0.15) is 0 Å². The van der Waals surface area contributed by atoms with Gasteiger partial charge in [0.2, 0.25) is 0 Å². The minimum atomic E-state index is -1.69. The molecule has 100 valence electrons. The normalized spacial score (nSPS) is 37.5. The molecule has 1 aliphatic heterocycles. The number of aliphatic carboxylic acids is 1. The maximum atomic E-state index is 10.7. The van der Waals surface area contributed by atoms with Crippen LogP contribution in [-0.2, 0) is 9.53 Å². The van der Waals surface area contributed by atoms with Gasteiger partial charge in [-0.05, 0) is 0 Å². The van der Waals surface area contributed by atoms with Crippen LogP contribution >= 0.6 is 0 Å². The number of rotatable bonds is 4. The Morgan fingerprint density at radius 1 is 1.35 bits per heavy atom. The number of carboxylic acid groups (broad SMARTS) is 1. The van der Waals surface area contributed by atoms with Gasteiger partial charge >= 0.3 is 5.97 Å². The SMILES string of the molecule is O=C(O)[C@@H]1C[C@H](O)[C@@H](O)[C@H]([C@H](O)[C@H](O)CO)O1. The lowest BCUT2D eigenvalue weighted by atomic mass is 9.92. The maximum Gasteiger partial charge on any atom is 0.332 e. The standard InChI is InChI=1S/C9H16O8/c10-2-4(12)7(14)8-6(13)3(11)1-5(17-8)9(15)16/h3-8,10-14H,1-2H2,(H,15,16)/t3-,4+,5-,6+,7+,8+/m0/s1. The van der Waals surface area contributed by atoms with Crippen molar-refractivity contribution in [2.45, 2.75) is 43.0 Å². The molecule has 0 amide bonds. The van der Waals surface area contributed by atoms with Crippen LogP contribution in [-0.4, -0.2) is 79.8 Å². The molecule has 17 heavy (non-hydrogen) atoms. The van der Waals surface area contributed by atoms with E-state index in [0.717, 1.165) is 0 Å². The smallest absolute Gasteiger partial charge is 0.332 e. The van der Waals surface area contributed by atoms with E-state index in [4.69, 9.17) is 14.9 Å². The number of hydrogen-bond donors (Lipinski definition) is 6. The highest BCUT2D eigenvalue weighted by Crippen LogP contribution is 2.24. The Morgan fingerprint density at radius 2 is 1.94 bits per heavy atom. The number of aliphatic hydroxyl groups excluding tert-OH is 5. The van der Waals surface area contributed by atoms with E-state index in [1.165, 1.54) is 0 Å². The first-order chi connectivity index (χ1) is 7.88. The summed E-state index contributed by atoms with van der Waals surface area (Å²) in [4.78, 5) is 10.7. The number of carboxylic acids is 1. The Kier molecular flexibility index (Phi) is 4.80. The summed E-state index contributed by atoms with van der Waals surface area (Å²) in [6.07, 6.45) is -9.34. The van der Waals surface area contributed by atoms with E-state index in [1.54, 1.807) is 0 Å². The van der Waals surface area contributed by atoms with Gasteiger partial charge in [-0.3, -0.25) is 0 Å². The van der Waals surface area contributed by atoms with Gasteiger partial charge in [0.15, 0.2) is 6.10 Å². The first-order valence-corrected chi connectivity index (χ1v) is 5.09. The lowest BCUT2D eigenvalue weighted by Gasteiger charge is -2.38. The van der Waals surface area contributed by atoms with Gasteiger partial charge in [-0.15, -0.1) is 0 Å². The van der Waals surface area contributed by atoms with Gasteiger partial charge in [0.05, 0.1) is 12.7 Å². The second kappa shape index (κ2) is 5.71. The topological polar surface area (TPSA) is 148 Å².